The van der Waals surface area contributed by atoms with Crippen LogP contribution in [0.1, 0.15) is 31.2 Å². The molecule has 4 rings (SSSR count). The Morgan fingerprint density at radius 1 is 1.17 bits per heavy atom. The number of fused-ring (bicyclic) bond motifs is 1. The summed E-state index contributed by atoms with van der Waals surface area (Å²) in [5.41, 5.74) is -0.158. The average Bonchev–Trinajstić information content (AvgIpc) is 3.28. The van der Waals surface area contributed by atoms with E-state index < -0.39 is 23.4 Å². The number of aromatic hydroxyl groups is 1. The zero-order valence-corrected chi connectivity index (χ0v) is 17.0. The number of rotatable bonds is 5. The van der Waals surface area contributed by atoms with Crippen molar-refractivity contribution in [2.45, 2.75) is 13.3 Å². The summed E-state index contributed by atoms with van der Waals surface area (Å²) < 4.78 is 28.4. The van der Waals surface area contributed by atoms with Gasteiger partial charge in [-0.3, -0.25) is 4.79 Å². The predicted molar refractivity (Wildman–Crippen MR) is 111 cm³/mol. The number of carbonyl (C=O) groups excluding carboxylic acids is 1. The summed E-state index contributed by atoms with van der Waals surface area (Å²) in [7, 11) is 0. The minimum atomic E-state index is -1.35. The first kappa shape index (κ1) is 20.1. The highest BCUT2D eigenvalue weighted by molar-refractivity contribution is 7.21. The number of hydrogen-bond donors (Lipinski definition) is 2. The Bertz CT molecular complexity index is 1330. The van der Waals surface area contributed by atoms with E-state index in [2.05, 4.69) is 4.98 Å². The van der Waals surface area contributed by atoms with Crippen molar-refractivity contribution in [3.63, 3.8) is 0 Å². The summed E-state index contributed by atoms with van der Waals surface area (Å²) in [6.07, 6.45) is 1.23. The number of carboxylic acid groups (broad SMARTS) is 1. The van der Waals surface area contributed by atoms with E-state index in [4.69, 9.17) is 0 Å². The van der Waals surface area contributed by atoms with E-state index in [1.165, 1.54) is 30.6 Å². The second-order valence-electron chi connectivity index (χ2n) is 6.56. The first-order valence-electron chi connectivity index (χ1n) is 8.68. The second-order valence-corrected chi connectivity index (χ2v) is 8.44. The lowest BCUT2D eigenvalue weighted by Crippen LogP contribution is -2.07. The summed E-state index contributed by atoms with van der Waals surface area (Å²) in [6.45, 7) is 1.41. The maximum Gasteiger partial charge on any atom is 0.337 e. The zero-order chi connectivity index (χ0) is 21.6. The van der Waals surface area contributed by atoms with Crippen LogP contribution in [0, 0.1) is 18.6 Å². The van der Waals surface area contributed by atoms with E-state index in [0.717, 1.165) is 22.7 Å². The molecule has 0 unspecified atom stereocenters. The highest BCUT2D eigenvalue weighted by Crippen LogP contribution is 2.39. The molecule has 0 saturated carbocycles. The molecule has 0 saturated heterocycles. The number of nitrogens with zero attached hydrogens (tertiary/aromatic N) is 1. The van der Waals surface area contributed by atoms with Gasteiger partial charge in [0, 0.05) is 18.2 Å². The lowest BCUT2D eigenvalue weighted by atomic mass is 10.0. The maximum absolute atomic E-state index is 14.4. The lowest BCUT2D eigenvalue weighted by Gasteiger charge is -2.07. The molecule has 9 heteroatoms. The minimum absolute atomic E-state index is 0.0314. The van der Waals surface area contributed by atoms with Crippen LogP contribution < -0.4 is 0 Å². The standard InChI is InChI=1S/C21H13F2NO4S2/c1-9-4-5-11(16(23)15(9)22)18-14(21(27)28)10(8-29-18)7-13(25)19-17(26)12-3-2-6-24-20(12)30-19/h2-6,8,26H,7H2,1H3,(H,27,28). The summed E-state index contributed by atoms with van der Waals surface area (Å²) in [5, 5.41) is 21.9. The van der Waals surface area contributed by atoms with Gasteiger partial charge in [0.25, 0.3) is 0 Å². The van der Waals surface area contributed by atoms with Gasteiger partial charge in [0.2, 0.25) is 0 Å². The van der Waals surface area contributed by atoms with Crippen LogP contribution in [0.15, 0.2) is 35.8 Å². The lowest BCUT2D eigenvalue weighted by molar-refractivity contribution is 0.0697. The van der Waals surface area contributed by atoms with Crippen LogP contribution in [0.4, 0.5) is 8.78 Å². The molecular weight excluding hydrogens is 432 g/mol. The minimum Gasteiger partial charge on any atom is -0.506 e. The number of carbonyl (C=O) groups is 2. The molecule has 0 atom stereocenters. The summed E-state index contributed by atoms with van der Waals surface area (Å²) in [4.78, 5) is 29.4. The monoisotopic (exact) mass is 445 g/mol. The van der Waals surface area contributed by atoms with Crippen molar-refractivity contribution in [3.05, 3.63) is 69.0 Å². The first-order valence-corrected chi connectivity index (χ1v) is 10.4. The third-order valence-electron chi connectivity index (χ3n) is 4.65. The number of aromatic carboxylic acids is 1. The van der Waals surface area contributed by atoms with Gasteiger partial charge in [0.15, 0.2) is 17.4 Å². The molecule has 0 radical (unpaired) electrons. The van der Waals surface area contributed by atoms with Crippen LogP contribution >= 0.6 is 22.7 Å². The van der Waals surface area contributed by atoms with E-state index in [1.807, 2.05) is 0 Å². The third-order valence-corrected chi connectivity index (χ3v) is 6.85. The van der Waals surface area contributed by atoms with Gasteiger partial charge in [0.1, 0.15) is 15.5 Å². The first-order chi connectivity index (χ1) is 14.3. The molecular formula is C21H13F2NO4S2. The number of pyridine rings is 1. The number of hydrogen-bond acceptors (Lipinski definition) is 6. The fourth-order valence-corrected chi connectivity index (χ4v) is 5.20. The molecule has 1 aromatic carbocycles. The molecule has 2 N–H and O–H groups in total. The number of carboxylic acids is 1. The Morgan fingerprint density at radius 2 is 1.93 bits per heavy atom. The number of halogens is 2. The summed E-state index contributed by atoms with van der Waals surface area (Å²) >= 11 is 1.93. The Labute approximate surface area is 176 Å². The molecule has 3 aromatic heterocycles. The van der Waals surface area contributed by atoms with Crippen LogP contribution in [-0.4, -0.2) is 26.9 Å². The van der Waals surface area contributed by atoms with E-state index in [9.17, 15) is 28.6 Å². The van der Waals surface area contributed by atoms with Crippen LogP contribution in [0.25, 0.3) is 20.7 Å². The maximum atomic E-state index is 14.4. The molecule has 4 aromatic rings. The number of Topliss-reactive ketones (excluding diaryl/α,β-unsaturated/α-hetero) is 1. The van der Waals surface area contributed by atoms with Gasteiger partial charge in [-0.25, -0.2) is 18.6 Å². The Hall–Kier alpha value is -3.17. The molecule has 0 aliphatic heterocycles. The quantitative estimate of drug-likeness (QED) is 0.400. The average molecular weight is 445 g/mol. The van der Waals surface area contributed by atoms with Crippen LogP contribution in [-0.2, 0) is 6.42 Å². The number of thiophene rings is 2. The van der Waals surface area contributed by atoms with Gasteiger partial charge in [-0.15, -0.1) is 22.7 Å². The highest BCUT2D eigenvalue weighted by Gasteiger charge is 2.26. The largest absolute Gasteiger partial charge is 0.506 e. The number of aryl methyl sites for hydroxylation is 1. The van der Waals surface area contributed by atoms with E-state index in [0.29, 0.717) is 10.2 Å². The van der Waals surface area contributed by atoms with Crippen LogP contribution in [0.5, 0.6) is 5.75 Å². The van der Waals surface area contributed by atoms with Crippen molar-refractivity contribution in [2.75, 3.05) is 0 Å². The molecule has 0 bridgehead atoms. The van der Waals surface area contributed by atoms with Crippen molar-refractivity contribution in [2.24, 2.45) is 0 Å². The number of benzene rings is 1. The molecule has 0 amide bonds. The van der Waals surface area contributed by atoms with Gasteiger partial charge in [-0.1, -0.05) is 12.1 Å². The van der Waals surface area contributed by atoms with Gasteiger partial charge >= 0.3 is 5.97 Å². The second kappa shape index (κ2) is 7.58. The van der Waals surface area contributed by atoms with Crippen molar-refractivity contribution in [1.29, 1.82) is 0 Å². The number of aromatic nitrogens is 1. The number of ketones is 1. The third kappa shape index (κ3) is 3.25. The Balaban J connectivity index is 1.75. The Morgan fingerprint density at radius 3 is 2.63 bits per heavy atom. The molecule has 5 nitrogen and oxygen atoms in total. The molecule has 3 heterocycles. The van der Waals surface area contributed by atoms with Crippen molar-refractivity contribution >= 4 is 44.6 Å². The summed E-state index contributed by atoms with van der Waals surface area (Å²) in [5.74, 6) is -4.22. The molecule has 30 heavy (non-hydrogen) atoms. The van der Waals surface area contributed by atoms with E-state index >= 15 is 0 Å². The molecule has 0 aliphatic carbocycles. The molecule has 0 fully saturated rings. The van der Waals surface area contributed by atoms with Gasteiger partial charge in [0.05, 0.1) is 15.8 Å². The van der Waals surface area contributed by atoms with Crippen molar-refractivity contribution < 1.29 is 28.6 Å². The van der Waals surface area contributed by atoms with E-state index in [1.54, 1.807) is 12.1 Å². The van der Waals surface area contributed by atoms with Gasteiger partial charge in [-0.2, -0.15) is 0 Å². The SMILES string of the molecule is Cc1ccc(-c2scc(CC(=O)c3sc4ncccc4c3O)c2C(=O)O)c(F)c1F. The smallest absolute Gasteiger partial charge is 0.337 e. The fraction of sp³-hybridized carbons (Fsp3) is 0.0952. The van der Waals surface area contributed by atoms with Gasteiger partial charge in [-0.05, 0) is 35.6 Å². The van der Waals surface area contributed by atoms with E-state index in [-0.39, 0.29) is 44.2 Å². The summed E-state index contributed by atoms with van der Waals surface area (Å²) in [6, 6.07) is 5.95. The normalized spacial score (nSPS) is 11.2. The molecule has 152 valence electrons. The fourth-order valence-electron chi connectivity index (χ4n) is 3.14. The topological polar surface area (TPSA) is 87.5 Å². The zero-order valence-electron chi connectivity index (χ0n) is 15.4. The van der Waals surface area contributed by atoms with Crippen molar-refractivity contribution in [1.82, 2.24) is 4.98 Å². The Kier molecular flexibility index (Phi) is 5.08. The van der Waals surface area contributed by atoms with Crippen molar-refractivity contribution in [3.8, 4) is 16.2 Å². The van der Waals surface area contributed by atoms with Crippen LogP contribution in [0.2, 0.25) is 0 Å². The molecule has 0 aliphatic rings. The van der Waals surface area contributed by atoms with Gasteiger partial charge < -0.3 is 10.2 Å². The molecule has 0 spiro atoms. The highest BCUT2D eigenvalue weighted by atomic mass is 32.1. The van der Waals surface area contributed by atoms with Crippen LogP contribution in [0.3, 0.4) is 0 Å². The predicted octanol–water partition coefficient (Wildman–Crippen LogP) is 5.44.